The average Bonchev–Trinajstić information content (AvgIpc) is 2.57. The van der Waals surface area contributed by atoms with Crippen LogP contribution in [0.25, 0.3) is 11.1 Å². The molecule has 0 saturated heterocycles. The monoisotopic (exact) mass is 308 g/mol. The molecule has 0 aliphatic carbocycles. The van der Waals surface area contributed by atoms with E-state index >= 15 is 0 Å². The van der Waals surface area contributed by atoms with E-state index < -0.39 is 0 Å². The Morgan fingerprint density at radius 1 is 0.773 bits per heavy atom. The molecule has 0 aliphatic heterocycles. The molecule has 0 spiro atoms. The summed E-state index contributed by atoms with van der Waals surface area (Å²) in [5.74, 6) is 0.878. The summed E-state index contributed by atoms with van der Waals surface area (Å²) >= 11 is 6.36. The highest BCUT2D eigenvalue weighted by Crippen LogP contribution is 2.31. The number of methoxy groups -OCH3 is 1. The molecule has 3 rings (SSSR count). The minimum atomic E-state index is 0.782. The third kappa shape index (κ3) is 3.15. The molecule has 3 aromatic rings. The lowest BCUT2D eigenvalue weighted by Gasteiger charge is -2.11. The molecule has 0 fully saturated rings. The molecule has 0 bridgehead atoms. The predicted molar refractivity (Wildman–Crippen MR) is 92.7 cm³/mol. The highest BCUT2D eigenvalue weighted by Gasteiger charge is 2.08. The Balaban J connectivity index is 1.96. The Labute approximate surface area is 136 Å². The summed E-state index contributed by atoms with van der Waals surface area (Å²) in [6.07, 6.45) is 0.866. The van der Waals surface area contributed by atoms with Gasteiger partial charge < -0.3 is 4.74 Å². The first-order chi connectivity index (χ1) is 10.8. The third-order valence-electron chi connectivity index (χ3n) is 3.74. The summed E-state index contributed by atoms with van der Waals surface area (Å²) in [7, 11) is 1.68. The molecule has 22 heavy (non-hydrogen) atoms. The lowest BCUT2D eigenvalue weighted by Crippen LogP contribution is -1.93. The molecule has 0 aromatic heterocycles. The van der Waals surface area contributed by atoms with Gasteiger partial charge in [0.15, 0.2) is 0 Å². The van der Waals surface area contributed by atoms with Crippen molar-refractivity contribution in [2.75, 3.05) is 7.11 Å². The third-order valence-corrected chi connectivity index (χ3v) is 4.06. The highest BCUT2D eigenvalue weighted by atomic mass is 35.5. The van der Waals surface area contributed by atoms with Gasteiger partial charge in [0.05, 0.1) is 7.11 Å². The van der Waals surface area contributed by atoms with Gasteiger partial charge in [-0.15, -0.1) is 0 Å². The van der Waals surface area contributed by atoms with E-state index in [0.29, 0.717) is 0 Å². The van der Waals surface area contributed by atoms with E-state index in [1.54, 1.807) is 7.11 Å². The second-order valence-electron chi connectivity index (χ2n) is 5.16. The van der Waals surface area contributed by atoms with Crippen molar-refractivity contribution < 1.29 is 4.74 Å². The summed E-state index contributed by atoms with van der Waals surface area (Å²) in [4.78, 5) is 0. The van der Waals surface area contributed by atoms with Gasteiger partial charge in [0, 0.05) is 10.6 Å². The van der Waals surface area contributed by atoms with Crippen LogP contribution in [0, 0.1) is 0 Å². The largest absolute Gasteiger partial charge is 0.497 e. The number of hydrogen-bond donors (Lipinski definition) is 0. The van der Waals surface area contributed by atoms with Crippen LogP contribution in [0.3, 0.4) is 0 Å². The Hall–Kier alpha value is -2.25. The predicted octanol–water partition coefficient (Wildman–Crippen LogP) is 5.61. The Kier molecular flexibility index (Phi) is 4.45. The molecule has 0 atom stereocenters. The van der Waals surface area contributed by atoms with Crippen LogP contribution < -0.4 is 4.74 Å². The maximum absolute atomic E-state index is 6.36. The van der Waals surface area contributed by atoms with Gasteiger partial charge >= 0.3 is 0 Å². The van der Waals surface area contributed by atoms with E-state index in [2.05, 4.69) is 42.5 Å². The molecule has 0 amide bonds. The van der Waals surface area contributed by atoms with Gasteiger partial charge in [-0.25, -0.2) is 0 Å². The molecule has 1 nitrogen and oxygen atoms in total. The maximum Gasteiger partial charge on any atom is 0.118 e. The van der Waals surface area contributed by atoms with Gasteiger partial charge in [-0.2, -0.15) is 0 Å². The summed E-state index contributed by atoms with van der Waals surface area (Å²) in [6, 6.07) is 24.6. The van der Waals surface area contributed by atoms with Gasteiger partial charge in [-0.3, -0.25) is 0 Å². The zero-order chi connectivity index (χ0) is 15.4. The van der Waals surface area contributed by atoms with Gasteiger partial charge in [-0.1, -0.05) is 66.2 Å². The standard InChI is InChI=1S/C20H17ClO/c1-22-17-12-10-15(11-13-17)14-16-6-2-3-7-18(16)19-8-4-5-9-20(19)21/h2-13H,14H2,1H3. The minimum absolute atomic E-state index is 0.782. The number of hydrogen-bond acceptors (Lipinski definition) is 1. The van der Waals surface area contributed by atoms with Crippen LogP contribution in [-0.4, -0.2) is 7.11 Å². The SMILES string of the molecule is COc1ccc(Cc2ccccc2-c2ccccc2Cl)cc1. The van der Waals surface area contributed by atoms with Crippen LogP contribution in [0.4, 0.5) is 0 Å². The zero-order valence-electron chi connectivity index (χ0n) is 12.4. The van der Waals surface area contributed by atoms with Crippen LogP contribution in [0.1, 0.15) is 11.1 Å². The van der Waals surface area contributed by atoms with Crippen LogP contribution >= 0.6 is 11.6 Å². The lowest BCUT2D eigenvalue weighted by molar-refractivity contribution is 0.414. The fourth-order valence-corrected chi connectivity index (χ4v) is 2.82. The van der Waals surface area contributed by atoms with Gasteiger partial charge in [-0.05, 0) is 41.3 Å². The molecule has 2 heteroatoms. The molecule has 0 N–H and O–H groups in total. The van der Waals surface area contributed by atoms with Crippen LogP contribution in [-0.2, 0) is 6.42 Å². The molecule has 0 saturated carbocycles. The molecule has 0 unspecified atom stereocenters. The molecular weight excluding hydrogens is 292 g/mol. The van der Waals surface area contributed by atoms with Crippen LogP contribution in [0.15, 0.2) is 72.8 Å². The van der Waals surface area contributed by atoms with Crippen molar-refractivity contribution in [3.05, 3.63) is 88.9 Å². The molecule has 0 aliphatic rings. The van der Waals surface area contributed by atoms with Crippen molar-refractivity contribution in [1.29, 1.82) is 0 Å². The van der Waals surface area contributed by atoms with Gasteiger partial charge in [0.1, 0.15) is 5.75 Å². The molecule has 110 valence electrons. The van der Waals surface area contributed by atoms with Crippen LogP contribution in [0.2, 0.25) is 5.02 Å². The Morgan fingerprint density at radius 2 is 1.41 bits per heavy atom. The zero-order valence-corrected chi connectivity index (χ0v) is 13.2. The summed E-state index contributed by atoms with van der Waals surface area (Å²) < 4.78 is 5.21. The Bertz CT molecular complexity index is 763. The van der Waals surface area contributed by atoms with Gasteiger partial charge in [0.25, 0.3) is 0 Å². The first kappa shape index (κ1) is 14.7. The van der Waals surface area contributed by atoms with Crippen LogP contribution in [0.5, 0.6) is 5.75 Å². The molecule has 3 aromatic carbocycles. The second kappa shape index (κ2) is 6.67. The van der Waals surface area contributed by atoms with Crippen molar-refractivity contribution in [2.45, 2.75) is 6.42 Å². The molecule has 0 heterocycles. The number of ether oxygens (including phenoxy) is 1. The number of benzene rings is 3. The number of halogens is 1. The van der Waals surface area contributed by atoms with E-state index in [9.17, 15) is 0 Å². The van der Waals surface area contributed by atoms with Crippen molar-refractivity contribution >= 4 is 11.6 Å². The highest BCUT2D eigenvalue weighted by molar-refractivity contribution is 6.33. The second-order valence-corrected chi connectivity index (χ2v) is 5.57. The molecule has 0 radical (unpaired) electrons. The van der Waals surface area contributed by atoms with Gasteiger partial charge in [0.2, 0.25) is 0 Å². The van der Waals surface area contributed by atoms with Crippen molar-refractivity contribution in [1.82, 2.24) is 0 Å². The molecular formula is C20H17ClO. The fourth-order valence-electron chi connectivity index (χ4n) is 2.58. The summed E-state index contributed by atoms with van der Waals surface area (Å²) in [5.41, 5.74) is 4.78. The van der Waals surface area contributed by atoms with Crippen molar-refractivity contribution in [3.63, 3.8) is 0 Å². The average molecular weight is 309 g/mol. The van der Waals surface area contributed by atoms with E-state index in [1.807, 2.05) is 30.3 Å². The maximum atomic E-state index is 6.36. The number of rotatable bonds is 4. The van der Waals surface area contributed by atoms with Crippen molar-refractivity contribution in [2.24, 2.45) is 0 Å². The summed E-state index contributed by atoms with van der Waals surface area (Å²) in [6.45, 7) is 0. The normalized spacial score (nSPS) is 10.5. The van der Waals surface area contributed by atoms with E-state index in [1.165, 1.54) is 16.7 Å². The first-order valence-corrected chi connectivity index (χ1v) is 7.61. The van der Waals surface area contributed by atoms with E-state index in [0.717, 1.165) is 22.8 Å². The summed E-state index contributed by atoms with van der Waals surface area (Å²) in [5, 5.41) is 0.782. The quantitative estimate of drug-likeness (QED) is 0.609. The lowest BCUT2D eigenvalue weighted by atomic mass is 9.95. The Morgan fingerprint density at radius 3 is 2.09 bits per heavy atom. The minimum Gasteiger partial charge on any atom is -0.497 e. The smallest absolute Gasteiger partial charge is 0.118 e. The fraction of sp³-hybridized carbons (Fsp3) is 0.100. The van der Waals surface area contributed by atoms with E-state index in [4.69, 9.17) is 16.3 Å². The topological polar surface area (TPSA) is 9.23 Å². The van der Waals surface area contributed by atoms with E-state index in [-0.39, 0.29) is 0 Å². The van der Waals surface area contributed by atoms with Crippen molar-refractivity contribution in [3.8, 4) is 16.9 Å². The first-order valence-electron chi connectivity index (χ1n) is 7.23.